The average Bonchev–Trinajstić information content (AvgIpc) is 3.16. The molecule has 3 aromatic rings. The molecule has 3 rings (SSSR count). The number of benzene rings is 2. The summed E-state index contributed by atoms with van der Waals surface area (Å²) in [6, 6.07) is 18.4. The van der Waals surface area contributed by atoms with Crippen molar-refractivity contribution in [2.45, 2.75) is 12.6 Å². The number of aromatic amines is 1. The Morgan fingerprint density at radius 2 is 1.84 bits per heavy atom. The minimum Gasteiger partial charge on any atom is -0.281 e. The Labute approximate surface area is 145 Å². The summed E-state index contributed by atoms with van der Waals surface area (Å²) in [6.45, 7) is 0.521. The van der Waals surface area contributed by atoms with E-state index in [-0.39, 0.29) is 5.82 Å². The zero-order valence-electron chi connectivity index (χ0n) is 13.2. The van der Waals surface area contributed by atoms with E-state index in [1.54, 1.807) is 0 Å². The van der Waals surface area contributed by atoms with Gasteiger partial charge in [0.05, 0.1) is 0 Å². The first-order chi connectivity index (χ1) is 12.2. The lowest BCUT2D eigenvalue weighted by Crippen LogP contribution is -2.25. The van der Waals surface area contributed by atoms with Crippen molar-refractivity contribution in [1.82, 2.24) is 25.9 Å². The average molecular weight is 358 g/mol. The van der Waals surface area contributed by atoms with Gasteiger partial charge in [0.1, 0.15) is 0 Å². The molecule has 1 heterocycles. The Balaban J connectivity index is 1.56. The first-order valence-corrected chi connectivity index (χ1v) is 8.79. The van der Waals surface area contributed by atoms with Crippen LogP contribution in [0.1, 0.15) is 17.6 Å². The molecule has 8 nitrogen and oxygen atoms in total. The van der Waals surface area contributed by atoms with Crippen LogP contribution in [0.5, 0.6) is 0 Å². The van der Waals surface area contributed by atoms with E-state index >= 15 is 0 Å². The van der Waals surface area contributed by atoms with Crippen LogP contribution in [-0.2, 0) is 15.5 Å². The quantitative estimate of drug-likeness (QED) is 0.418. The maximum Gasteiger partial charge on any atom is 0.696 e. The highest BCUT2D eigenvalue weighted by atomic mass is 31.1. The van der Waals surface area contributed by atoms with Crippen molar-refractivity contribution in [3.05, 3.63) is 66.0 Å². The molecular weight excluding hydrogens is 341 g/mol. The number of hydrogen-bond acceptors (Lipinski definition) is 6. The van der Waals surface area contributed by atoms with Crippen LogP contribution in [0.25, 0.3) is 11.1 Å². The fourth-order valence-corrected chi connectivity index (χ4v) is 2.74. The van der Waals surface area contributed by atoms with Crippen LogP contribution < -0.4 is 5.32 Å². The molecule has 0 saturated heterocycles. The van der Waals surface area contributed by atoms with Crippen molar-refractivity contribution >= 4 is 8.25 Å². The van der Waals surface area contributed by atoms with E-state index in [0.717, 1.165) is 17.5 Å². The summed E-state index contributed by atoms with van der Waals surface area (Å²) in [4.78, 5) is 8.94. The molecule has 1 unspecified atom stereocenters. The van der Waals surface area contributed by atoms with E-state index in [1.807, 2.05) is 18.2 Å². The molecule has 2 aromatic carbocycles. The molecule has 0 aliphatic rings. The third kappa shape index (κ3) is 4.98. The predicted molar refractivity (Wildman–Crippen MR) is 91.4 cm³/mol. The van der Waals surface area contributed by atoms with Gasteiger partial charge in [0.25, 0.3) is 0 Å². The summed E-state index contributed by atoms with van der Waals surface area (Å²) < 4.78 is 15.8. The van der Waals surface area contributed by atoms with Crippen molar-refractivity contribution in [2.24, 2.45) is 0 Å². The monoisotopic (exact) mass is 358 g/mol. The fourth-order valence-electron chi connectivity index (χ4n) is 2.39. The zero-order valence-corrected chi connectivity index (χ0v) is 14.1. The van der Waals surface area contributed by atoms with Gasteiger partial charge in [-0.3, -0.25) is 5.32 Å². The number of nitrogens with one attached hydrogen (secondary N) is 2. The van der Waals surface area contributed by atoms with E-state index in [1.165, 1.54) is 5.56 Å². The third-order valence-corrected chi connectivity index (χ3v) is 3.99. The molecular formula is C16H17N5O3P+. The van der Waals surface area contributed by atoms with Gasteiger partial charge in [-0.05, 0) is 23.1 Å². The van der Waals surface area contributed by atoms with Crippen molar-refractivity contribution in [3.63, 3.8) is 0 Å². The Morgan fingerprint density at radius 3 is 2.48 bits per heavy atom. The van der Waals surface area contributed by atoms with Crippen LogP contribution in [0.4, 0.5) is 0 Å². The number of aromatic nitrogens is 4. The van der Waals surface area contributed by atoms with Crippen molar-refractivity contribution < 1.29 is 14.0 Å². The van der Waals surface area contributed by atoms with Gasteiger partial charge in [-0.2, -0.15) is 5.21 Å². The summed E-state index contributed by atoms with van der Waals surface area (Å²) in [5.74, 6) is 0.178. The Hall–Kier alpha value is -2.51. The summed E-state index contributed by atoms with van der Waals surface area (Å²) in [7, 11) is -2.78. The van der Waals surface area contributed by atoms with Crippen LogP contribution in [0.3, 0.4) is 0 Å². The number of tetrazole rings is 1. The van der Waals surface area contributed by atoms with Crippen LogP contribution >= 0.6 is 8.25 Å². The molecule has 1 aromatic heterocycles. The molecule has 0 saturated carbocycles. The second kappa shape index (κ2) is 8.55. The molecule has 0 spiro atoms. The number of nitrogens with zero attached hydrogens (tertiary/aromatic N) is 3. The highest BCUT2D eigenvalue weighted by molar-refractivity contribution is 7.32. The summed E-state index contributed by atoms with van der Waals surface area (Å²) >= 11 is 0. The standard InChI is InChI=1S/C16H16N5O3P/c22-25(23)24-16(15-18-20-21-19-15)17-11-10-12-6-8-14(9-7-12)13-4-2-1-3-5-13/h1-9,16-17H,10-11H2,(H-,18,19,20,21,22,23)/p+1/t16-/m0/s1. The van der Waals surface area contributed by atoms with Gasteiger partial charge >= 0.3 is 8.25 Å². The molecule has 0 fully saturated rings. The van der Waals surface area contributed by atoms with E-state index in [4.69, 9.17) is 9.42 Å². The van der Waals surface area contributed by atoms with Gasteiger partial charge in [-0.1, -0.05) is 64.3 Å². The molecule has 0 bridgehead atoms. The normalized spacial score (nSPS) is 12.8. The molecule has 0 aliphatic carbocycles. The molecule has 0 radical (unpaired) electrons. The lowest BCUT2D eigenvalue weighted by atomic mass is 10.0. The summed E-state index contributed by atoms with van der Waals surface area (Å²) in [5.41, 5.74) is 3.46. The third-order valence-electron chi connectivity index (χ3n) is 3.60. The van der Waals surface area contributed by atoms with Crippen molar-refractivity contribution in [1.29, 1.82) is 0 Å². The van der Waals surface area contributed by atoms with Gasteiger partial charge in [0.15, 0.2) is 0 Å². The highest BCUT2D eigenvalue weighted by Crippen LogP contribution is 2.24. The number of rotatable bonds is 8. The van der Waals surface area contributed by atoms with Crippen LogP contribution in [0, 0.1) is 0 Å². The Bertz CT molecular complexity index is 796. The van der Waals surface area contributed by atoms with E-state index in [2.05, 4.69) is 62.3 Å². The van der Waals surface area contributed by atoms with Gasteiger partial charge in [0.2, 0.25) is 12.1 Å². The molecule has 128 valence electrons. The van der Waals surface area contributed by atoms with Crippen LogP contribution in [-0.4, -0.2) is 32.1 Å². The highest BCUT2D eigenvalue weighted by Gasteiger charge is 2.27. The molecule has 9 heteroatoms. The Morgan fingerprint density at radius 1 is 1.12 bits per heavy atom. The second-order valence-electron chi connectivity index (χ2n) is 5.26. The first-order valence-electron chi connectivity index (χ1n) is 7.66. The summed E-state index contributed by atoms with van der Waals surface area (Å²) in [5, 5.41) is 16.2. The Kier molecular flexibility index (Phi) is 5.92. The van der Waals surface area contributed by atoms with E-state index in [9.17, 15) is 4.57 Å². The minimum atomic E-state index is -2.78. The first kappa shape index (κ1) is 17.3. The molecule has 0 amide bonds. The minimum absolute atomic E-state index is 0.178. The zero-order chi connectivity index (χ0) is 17.5. The maximum absolute atomic E-state index is 10.9. The number of H-pyrrole nitrogens is 1. The topological polar surface area (TPSA) is 113 Å². The SMILES string of the molecule is O=[P+](O)O[C@H](NCCc1ccc(-c2ccccc2)cc1)c1nn[nH]n1. The van der Waals surface area contributed by atoms with Gasteiger partial charge in [0, 0.05) is 11.1 Å². The van der Waals surface area contributed by atoms with Crippen molar-refractivity contribution in [3.8, 4) is 11.1 Å². The largest absolute Gasteiger partial charge is 0.696 e. The second-order valence-corrected chi connectivity index (χ2v) is 5.95. The van der Waals surface area contributed by atoms with Crippen molar-refractivity contribution in [2.75, 3.05) is 6.54 Å². The van der Waals surface area contributed by atoms with Crippen LogP contribution in [0.2, 0.25) is 0 Å². The predicted octanol–water partition coefficient (Wildman–Crippen LogP) is 2.36. The van der Waals surface area contributed by atoms with Gasteiger partial charge in [-0.25, -0.2) is 0 Å². The van der Waals surface area contributed by atoms with Gasteiger partial charge < -0.3 is 0 Å². The lowest BCUT2D eigenvalue weighted by Gasteiger charge is -2.09. The maximum atomic E-state index is 10.9. The lowest BCUT2D eigenvalue weighted by molar-refractivity contribution is 0.148. The molecule has 2 atom stereocenters. The van der Waals surface area contributed by atoms with E-state index < -0.39 is 14.5 Å². The number of hydrogen-bond donors (Lipinski definition) is 3. The fraction of sp³-hybridized carbons (Fsp3) is 0.188. The smallest absolute Gasteiger partial charge is 0.281 e. The van der Waals surface area contributed by atoms with E-state index in [0.29, 0.717) is 6.54 Å². The molecule has 25 heavy (non-hydrogen) atoms. The van der Waals surface area contributed by atoms with Crippen LogP contribution in [0.15, 0.2) is 54.6 Å². The molecule has 3 N–H and O–H groups in total. The van der Waals surface area contributed by atoms with Gasteiger partial charge in [-0.15, -0.1) is 15.1 Å². The molecule has 0 aliphatic heterocycles. The summed E-state index contributed by atoms with van der Waals surface area (Å²) in [6.07, 6.45) is -0.175.